The predicted octanol–water partition coefficient (Wildman–Crippen LogP) is 1.83. The average Bonchev–Trinajstić information content (AvgIpc) is 3.45. The van der Waals surface area contributed by atoms with Gasteiger partial charge in [0.2, 0.25) is 0 Å². The molecule has 1 saturated heterocycles. The first kappa shape index (κ1) is 24.2. The molecule has 4 aromatic heterocycles. The topological polar surface area (TPSA) is 154 Å². The molecule has 0 spiro atoms. The van der Waals surface area contributed by atoms with Crippen molar-refractivity contribution in [2.75, 3.05) is 18.9 Å². The molecule has 0 aliphatic carbocycles. The number of unbranched alkanes of at least 4 members (excludes halogenated alkanes) is 1. The summed E-state index contributed by atoms with van der Waals surface area (Å²) in [5.41, 5.74) is 10.8. The fourth-order valence-electron chi connectivity index (χ4n) is 4.46. The van der Waals surface area contributed by atoms with Crippen LogP contribution >= 0.6 is 0 Å². The number of imidazole rings is 1. The van der Waals surface area contributed by atoms with Crippen molar-refractivity contribution in [3.8, 4) is 11.4 Å². The molecule has 0 bridgehead atoms. The second kappa shape index (κ2) is 10.6. The Morgan fingerprint density at radius 3 is 2.67 bits per heavy atom. The van der Waals surface area contributed by atoms with Crippen molar-refractivity contribution < 1.29 is 19.7 Å². The Morgan fingerprint density at radius 2 is 1.86 bits per heavy atom. The van der Waals surface area contributed by atoms with Crippen molar-refractivity contribution in [3.05, 3.63) is 60.4 Å². The molecule has 1 aliphatic heterocycles. The molecular weight excluding hydrogens is 462 g/mol. The Bertz CT molecular complexity index is 1330. The Balaban J connectivity index is 1.16. The minimum absolute atomic E-state index is 0.245. The Labute approximate surface area is 208 Å². The van der Waals surface area contributed by atoms with Crippen LogP contribution in [0.2, 0.25) is 0 Å². The van der Waals surface area contributed by atoms with E-state index in [1.165, 1.54) is 18.2 Å². The van der Waals surface area contributed by atoms with E-state index < -0.39 is 24.5 Å². The van der Waals surface area contributed by atoms with Gasteiger partial charge in [-0.2, -0.15) is 0 Å². The summed E-state index contributed by atoms with van der Waals surface area (Å²) in [4.78, 5) is 21.2. The first-order valence-electron chi connectivity index (χ1n) is 11.9. The highest BCUT2D eigenvalue weighted by Gasteiger charge is 2.45. The van der Waals surface area contributed by atoms with Gasteiger partial charge in [0, 0.05) is 19.0 Å². The third kappa shape index (κ3) is 4.91. The van der Waals surface area contributed by atoms with Gasteiger partial charge in [-0.1, -0.05) is 0 Å². The number of hydrogen-bond donors (Lipinski definition) is 3. The average molecular weight is 492 g/mol. The minimum atomic E-state index is -1.01. The second-order valence-corrected chi connectivity index (χ2v) is 8.88. The zero-order chi connectivity index (χ0) is 25.1. The van der Waals surface area contributed by atoms with Gasteiger partial charge in [0.15, 0.2) is 17.7 Å². The predicted molar refractivity (Wildman–Crippen MR) is 132 cm³/mol. The molecule has 11 heteroatoms. The number of aliphatic hydroxyl groups excluding tert-OH is 2. The van der Waals surface area contributed by atoms with Gasteiger partial charge in [-0.05, 0) is 61.6 Å². The SMILES string of the molecule is Cc1ccnc(-c2cc(CCCCO[C@H]3[C@@H](O)[C@H](n4cnc5c(N)ncnc54)O[C@@H]3CO)ccn2)c1. The molecule has 4 atom stereocenters. The number of rotatable bonds is 9. The second-order valence-electron chi connectivity index (χ2n) is 8.88. The minimum Gasteiger partial charge on any atom is -0.394 e. The highest BCUT2D eigenvalue weighted by molar-refractivity contribution is 5.81. The number of nitrogens with zero attached hydrogens (tertiary/aromatic N) is 6. The van der Waals surface area contributed by atoms with E-state index in [1.807, 2.05) is 31.3 Å². The zero-order valence-corrected chi connectivity index (χ0v) is 19.9. The number of aromatic nitrogens is 6. The lowest BCUT2D eigenvalue weighted by Crippen LogP contribution is -2.36. The maximum atomic E-state index is 10.9. The third-order valence-corrected chi connectivity index (χ3v) is 6.32. The Hall–Kier alpha value is -3.51. The van der Waals surface area contributed by atoms with Crippen LogP contribution in [0, 0.1) is 6.92 Å². The number of anilines is 1. The van der Waals surface area contributed by atoms with Gasteiger partial charge < -0.3 is 25.4 Å². The fourth-order valence-corrected chi connectivity index (χ4v) is 4.46. The van der Waals surface area contributed by atoms with Crippen molar-refractivity contribution in [3.63, 3.8) is 0 Å². The molecule has 4 N–H and O–H groups in total. The van der Waals surface area contributed by atoms with E-state index in [9.17, 15) is 10.2 Å². The van der Waals surface area contributed by atoms with E-state index >= 15 is 0 Å². The first-order chi connectivity index (χ1) is 17.5. The molecule has 0 saturated carbocycles. The van der Waals surface area contributed by atoms with Crippen LogP contribution in [0.5, 0.6) is 0 Å². The highest BCUT2D eigenvalue weighted by atomic mass is 16.6. The van der Waals surface area contributed by atoms with E-state index in [2.05, 4.69) is 31.0 Å². The van der Waals surface area contributed by atoms with Gasteiger partial charge in [-0.3, -0.25) is 14.5 Å². The van der Waals surface area contributed by atoms with Crippen LogP contribution in [0.4, 0.5) is 5.82 Å². The molecule has 4 aromatic rings. The van der Waals surface area contributed by atoms with Crippen molar-refractivity contribution >= 4 is 17.0 Å². The summed E-state index contributed by atoms with van der Waals surface area (Å²) in [5.74, 6) is 0.245. The summed E-state index contributed by atoms with van der Waals surface area (Å²) < 4.78 is 13.5. The van der Waals surface area contributed by atoms with Crippen LogP contribution in [0.15, 0.2) is 49.3 Å². The van der Waals surface area contributed by atoms with Gasteiger partial charge >= 0.3 is 0 Å². The molecule has 0 amide bonds. The summed E-state index contributed by atoms with van der Waals surface area (Å²) in [7, 11) is 0. The van der Waals surface area contributed by atoms with Crippen molar-refractivity contribution in [1.82, 2.24) is 29.5 Å². The fraction of sp³-hybridized carbons (Fsp3) is 0.400. The zero-order valence-electron chi connectivity index (χ0n) is 19.9. The lowest BCUT2D eigenvalue weighted by molar-refractivity contribution is -0.0609. The van der Waals surface area contributed by atoms with Gasteiger partial charge in [-0.15, -0.1) is 0 Å². The summed E-state index contributed by atoms with van der Waals surface area (Å²) in [6, 6.07) is 8.06. The molecule has 5 heterocycles. The highest BCUT2D eigenvalue weighted by Crippen LogP contribution is 2.33. The molecule has 0 aromatic carbocycles. The lowest BCUT2D eigenvalue weighted by atomic mass is 10.1. The molecule has 0 radical (unpaired) electrons. The number of nitrogens with two attached hydrogens (primary N) is 1. The van der Waals surface area contributed by atoms with E-state index in [4.69, 9.17) is 15.2 Å². The Kier molecular flexibility index (Phi) is 7.14. The van der Waals surface area contributed by atoms with Crippen LogP contribution in [0.25, 0.3) is 22.6 Å². The van der Waals surface area contributed by atoms with E-state index in [0.29, 0.717) is 17.8 Å². The number of fused-ring (bicyclic) bond motifs is 1. The summed E-state index contributed by atoms with van der Waals surface area (Å²) >= 11 is 0. The monoisotopic (exact) mass is 491 g/mol. The van der Waals surface area contributed by atoms with Crippen molar-refractivity contribution in [2.24, 2.45) is 0 Å². The van der Waals surface area contributed by atoms with E-state index in [0.717, 1.165) is 36.2 Å². The molecule has 188 valence electrons. The van der Waals surface area contributed by atoms with Crippen LogP contribution in [0.3, 0.4) is 0 Å². The van der Waals surface area contributed by atoms with E-state index in [1.54, 1.807) is 10.8 Å². The van der Waals surface area contributed by atoms with E-state index in [-0.39, 0.29) is 12.4 Å². The van der Waals surface area contributed by atoms with Gasteiger partial charge in [0.1, 0.15) is 30.2 Å². The molecule has 0 unspecified atom stereocenters. The largest absolute Gasteiger partial charge is 0.394 e. The maximum absolute atomic E-state index is 10.9. The summed E-state index contributed by atoms with van der Waals surface area (Å²) in [5, 5.41) is 20.8. The third-order valence-electron chi connectivity index (χ3n) is 6.32. The molecular formula is C25H29N7O4. The normalized spacial score (nSPS) is 21.9. The molecule has 1 aliphatic rings. The van der Waals surface area contributed by atoms with Crippen molar-refractivity contribution in [1.29, 1.82) is 0 Å². The smallest absolute Gasteiger partial charge is 0.167 e. The number of nitrogen functional groups attached to an aromatic ring is 1. The first-order valence-corrected chi connectivity index (χ1v) is 11.9. The number of aliphatic hydroxyl groups is 2. The maximum Gasteiger partial charge on any atom is 0.167 e. The molecule has 11 nitrogen and oxygen atoms in total. The molecule has 36 heavy (non-hydrogen) atoms. The van der Waals surface area contributed by atoms with Crippen LogP contribution < -0.4 is 5.73 Å². The number of ether oxygens (including phenoxy) is 2. The number of pyridine rings is 2. The van der Waals surface area contributed by atoms with Crippen LogP contribution in [-0.4, -0.2) is 71.2 Å². The molecule has 1 fully saturated rings. The standard InChI is InChI=1S/C25H29N7O4/c1-15-5-7-27-17(10-15)18-11-16(6-8-28-18)4-2-3-9-35-22-19(12-33)36-25(21(22)34)32-14-31-20-23(26)29-13-30-24(20)32/h5-8,10-11,13-14,19,21-22,25,33-34H,2-4,9,12H2,1H3,(H2,26,29,30)/t19-,21-,22-,25-/m1/s1. The van der Waals surface area contributed by atoms with Crippen LogP contribution in [-0.2, 0) is 15.9 Å². The van der Waals surface area contributed by atoms with Gasteiger partial charge in [-0.25, -0.2) is 15.0 Å². The molecule has 5 rings (SSSR count). The number of hydrogen-bond acceptors (Lipinski definition) is 10. The van der Waals surface area contributed by atoms with Gasteiger partial charge in [0.25, 0.3) is 0 Å². The quantitative estimate of drug-likeness (QED) is 0.295. The Morgan fingerprint density at radius 1 is 1.06 bits per heavy atom. The van der Waals surface area contributed by atoms with Gasteiger partial charge in [0.05, 0.1) is 24.3 Å². The lowest BCUT2D eigenvalue weighted by Gasteiger charge is -2.20. The summed E-state index contributed by atoms with van der Waals surface area (Å²) in [6.07, 6.45) is 5.78. The summed E-state index contributed by atoms with van der Waals surface area (Å²) in [6.45, 7) is 2.17. The van der Waals surface area contributed by atoms with Crippen molar-refractivity contribution in [2.45, 2.75) is 50.7 Å². The number of aryl methyl sites for hydroxylation is 2. The van der Waals surface area contributed by atoms with Crippen LogP contribution in [0.1, 0.15) is 30.2 Å².